The average molecular weight is 372 g/mol. The van der Waals surface area contributed by atoms with Crippen LogP contribution in [0.1, 0.15) is 49.8 Å². The van der Waals surface area contributed by atoms with E-state index in [1.54, 1.807) is 7.11 Å². The Morgan fingerprint density at radius 3 is 2.93 bits per heavy atom. The van der Waals surface area contributed by atoms with Gasteiger partial charge in [0.1, 0.15) is 6.04 Å². The topological polar surface area (TPSA) is 67.5 Å². The predicted molar refractivity (Wildman–Crippen MR) is 104 cm³/mol. The van der Waals surface area contributed by atoms with Gasteiger partial charge in [-0.15, -0.1) is 0 Å². The highest BCUT2D eigenvalue weighted by Crippen LogP contribution is 2.48. The molecule has 4 rings (SSSR count). The Hall–Kier alpha value is -2.21. The van der Waals surface area contributed by atoms with Gasteiger partial charge in [0.05, 0.1) is 26.3 Å². The van der Waals surface area contributed by atoms with E-state index in [1.165, 1.54) is 16.0 Å². The fraction of sp³-hybridized carbons (Fsp3) is 0.571. The summed E-state index contributed by atoms with van der Waals surface area (Å²) in [6, 6.07) is 2.22. The van der Waals surface area contributed by atoms with Crippen LogP contribution in [0.3, 0.4) is 0 Å². The van der Waals surface area contributed by atoms with Gasteiger partial charge in [0.2, 0.25) is 12.5 Å². The summed E-state index contributed by atoms with van der Waals surface area (Å²) >= 11 is 0. The molecule has 0 fully saturated rings. The van der Waals surface area contributed by atoms with Crippen molar-refractivity contribution in [2.75, 3.05) is 27.5 Å². The summed E-state index contributed by atoms with van der Waals surface area (Å²) in [5, 5.41) is 15.2. The van der Waals surface area contributed by atoms with E-state index in [0.29, 0.717) is 12.2 Å². The second-order valence-electron chi connectivity index (χ2n) is 7.92. The summed E-state index contributed by atoms with van der Waals surface area (Å²) in [7, 11) is 3.86. The van der Waals surface area contributed by atoms with Crippen molar-refractivity contribution in [3.63, 3.8) is 0 Å². The minimum atomic E-state index is 0.137. The van der Waals surface area contributed by atoms with Gasteiger partial charge in [0.25, 0.3) is 0 Å². The van der Waals surface area contributed by atoms with Crippen LogP contribution in [-0.4, -0.2) is 33.2 Å². The van der Waals surface area contributed by atoms with Crippen LogP contribution in [0.5, 0.6) is 17.2 Å². The number of nitrogens with zero attached hydrogens (tertiary/aromatic N) is 1. The smallest absolute Gasteiger partial charge is 0.231 e. The Morgan fingerprint density at radius 1 is 1.37 bits per heavy atom. The van der Waals surface area contributed by atoms with E-state index in [2.05, 4.69) is 31.3 Å². The Kier molecular flexibility index (Phi) is 5.00. The molecule has 1 N–H and O–H groups in total. The number of quaternary nitrogens is 1. The van der Waals surface area contributed by atoms with Crippen LogP contribution < -0.4 is 19.1 Å². The van der Waals surface area contributed by atoms with Crippen molar-refractivity contribution in [2.45, 2.75) is 45.1 Å². The molecule has 3 atom stereocenters. The molecule has 0 amide bonds. The average Bonchev–Trinajstić information content (AvgIpc) is 3.15. The van der Waals surface area contributed by atoms with Crippen molar-refractivity contribution >= 4 is 5.71 Å². The second kappa shape index (κ2) is 7.43. The highest BCUT2D eigenvalue weighted by atomic mass is 16.7. The monoisotopic (exact) mass is 372 g/mol. The van der Waals surface area contributed by atoms with Gasteiger partial charge < -0.3 is 29.5 Å². The number of hydrogen-bond acceptors (Lipinski definition) is 5. The van der Waals surface area contributed by atoms with Crippen molar-refractivity contribution in [3.8, 4) is 17.2 Å². The zero-order valence-corrected chi connectivity index (χ0v) is 16.3. The number of methoxy groups -OCH3 is 1. The first-order valence-corrected chi connectivity index (χ1v) is 9.78. The molecule has 1 aromatic carbocycles. The zero-order chi connectivity index (χ0) is 19.0. The predicted octanol–water partition coefficient (Wildman–Crippen LogP) is 2.61. The third-order valence-electron chi connectivity index (χ3n) is 6.32. The van der Waals surface area contributed by atoms with E-state index in [-0.39, 0.29) is 18.8 Å². The summed E-state index contributed by atoms with van der Waals surface area (Å²) in [5.41, 5.74) is 4.58. The molecule has 2 heterocycles. The Morgan fingerprint density at radius 2 is 2.22 bits per heavy atom. The largest absolute Gasteiger partial charge is 0.792 e. The van der Waals surface area contributed by atoms with Gasteiger partial charge in [-0.3, -0.25) is 0 Å². The number of benzene rings is 1. The summed E-state index contributed by atoms with van der Waals surface area (Å²) in [5.74, 6) is 2.46. The molecule has 6 nitrogen and oxygen atoms in total. The number of likely N-dealkylation sites (N-methyl/N-ethyl adjacent to an activating group) is 1. The quantitative estimate of drug-likeness (QED) is 0.501. The zero-order valence-electron chi connectivity index (χ0n) is 16.3. The van der Waals surface area contributed by atoms with Gasteiger partial charge >= 0.3 is 0 Å². The molecule has 3 unspecified atom stereocenters. The minimum absolute atomic E-state index is 0.137. The molecule has 3 aliphatic rings. The Labute approximate surface area is 160 Å². The maximum atomic E-state index is 11.7. The molecule has 146 valence electrons. The van der Waals surface area contributed by atoms with Crippen LogP contribution >= 0.6 is 0 Å². The van der Waals surface area contributed by atoms with Crippen LogP contribution in [0, 0.1) is 11.1 Å². The van der Waals surface area contributed by atoms with Gasteiger partial charge in [-0.25, -0.2) is 0 Å². The first kappa shape index (κ1) is 18.2. The van der Waals surface area contributed by atoms with Crippen molar-refractivity contribution in [2.24, 2.45) is 11.1 Å². The van der Waals surface area contributed by atoms with Crippen LogP contribution in [0.2, 0.25) is 0 Å². The normalized spacial score (nSPS) is 27.1. The van der Waals surface area contributed by atoms with Gasteiger partial charge in [0, 0.05) is 24.5 Å². The van der Waals surface area contributed by atoms with E-state index >= 15 is 0 Å². The molecule has 0 radical (unpaired) electrons. The summed E-state index contributed by atoms with van der Waals surface area (Å²) in [6.07, 6.45) is 6.86. The standard InChI is InChI=1S/C21H28N2O4/c1-13-4-6-14(7-5-13)16(22-24)11-17-19-15(8-9-23(17)2)10-18-20(21(19)25-3)27-12-26-18/h4,10,14,17,24H,5-9,11-12H2,1-3H3/b22-16-. The molecular weight excluding hydrogens is 344 g/mol. The number of hydrogen-bond donors (Lipinski definition) is 1. The minimum Gasteiger partial charge on any atom is -0.792 e. The Bertz CT molecular complexity index is 787. The SMILES string of the molecule is COc1c2c(cc3c1C(C/C(=N/[O-])C1CC=C(C)CC1)[NH+](C)CC3)OCO2. The molecule has 1 aliphatic carbocycles. The number of fused-ring (bicyclic) bond motifs is 2. The number of allylic oxidation sites excluding steroid dienone is 2. The maximum absolute atomic E-state index is 11.7. The first-order chi connectivity index (χ1) is 13.1. The summed E-state index contributed by atoms with van der Waals surface area (Å²) in [6.45, 7) is 3.40. The summed E-state index contributed by atoms with van der Waals surface area (Å²) in [4.78, 5) is 1.38. The number of ether oxygens (including phenoxy) is 3. The van der Waals surface area contributed by atoms with Gasteiger partial charge in [0.15, 0.2) is 11.5 Å². The highest BCUT2D eigenvalue weighted by molar-refractivity contribution is 5.88. The molecule has 0 aromatic heterocycles. The van der Waals surface area contributed by atoms with E-state index < -0.39 is 0 Å². The van der Waals surface area contributed by atoms with Crippen molar-refractivity contribution < 1.29 is 19.1 Å². The molecule has 0 spiro atoms. The molecule has 1 aromatic rings. The van der Waals surface area contributed by atoms with Crippen LogP contribution in [-0.2, 0) is 6.42 Å². The van der Waals surface area contributed by atoms with Gasteiger partial charge in [-0.1, -0.05) is 11.6 Å². The number of rotatable bonds is 4. The third-order valence-corrected chi connectivity index (χ3v) is 6.32. The molecule has 27 heavy (non-hydrogen) atoms. The molecular formula is C21H28N2O4. The fourth-order valence-corrected chi connectivity index (χ4v) is 4.65. The lowest BCUT2D eigenvalue weighted by molar-refractivity contribution is -0.913. The van der Waals surface area contributed by atoms with E-state index in [4.69, 9.17) is 14.2 Å². The molecule has 0 saturated heterocycles. The van der Waals surface area contributed by atoms with Gasteiger partial charge in [-0.05, 0) is 37.8 Å². The van der Waals surface area contributed by atoms with E-state index in [1.807, 2.05) is 0 Å². The molecule has 0 saturated carbocycles. The van der Waals surface area contributed by atoms with Crippen LogP contribution in [0.25, 0.3) is 0 Å². The molecule has 2 aliphatic heterocycles. The van der Waals surface area contributed by atoms with E-state index in [0.717, 1.165) is 55.0 Å². The molecule has 6 heteroatoms. The Balaban J connectivity index is 1.68. The van der Waals surface area contributed by atoms with Crippen molar-refractivity contribution in [1.29, 1.82) is 0 Å². The first-order valence-electron chi connectivity index (χ1n) is 9.78. The lowest BCUT2D eigenvalue weighted by Crippen LogP contribution is -3.10. The lowest BCUT2D eigenvalue weighted by Gasteiger charge is -2.35. The van der Waals surface area contributed by atoms with Crippen LogP contribution in [0.15, 0.2) is 22.9 Å². The van der Waals surface area contributed by atoms with Crippen molar-refractivity contribution in [3.05, 3.63) is 34.0 Å². The fourth-order valence-electron chi connectivity index (χ4n) is 4.65. The number of nitrogens with one attached hydrogen (secondary N) is 1. The molecule has 0 bridgehead atoms. The maximum Gasteiger partial charge on any atom is 0.231 e. The van der Waals surface area contributed by atoms with Crippen LogP contribution in [0.4, 0.5) is 0 Å². The summed E-state index contributed by atoms with van der Waals surface area (Å²) < 4.78 is 17.0. The third kappa shape index (κ3) is 3.27. The van der Waals surface area contributed by atoms with E-state index in [9.17, 15) is 5.21 Å². The lowest BCUT2D eigenvalue weighted by atomic mass is 9.81. The van der Waals surface area contributed by atoms with Crippen molar-refractivity contribution in [1.82, 2.24) is 0 Å². The highest BCUT2D eigenvalue weighted by Gasteiger charge is 2.37. The second-order valence-corrected chi connectivity index (χ2v) is 7.92. The van der Waals surface area contributed by atoms with Gasteiger partial charge in [-0.2, -0.15) is 0 Å².